The topological polar surface area (TPSA) is 127 Å². The molecule has 9 nitrogen and oxygen atoms in total. The number of hydrogen-bond donors (Lipinski definition) is 2. The molecule has 0 spiro atoms. The quantitative estimate of drug-likeness (QED) is 0.223. The molecule has 35 heavy (non-hydrogen) atoms. The molecule has 1 heterocycles. The summed E-state index contributed by atoms with van der Waals surface area (Å²) in [6.07, 6.45) is 5.00. The van der Waals surface area contributed by atoms with Gasteiger partial charge < -0.3 is 24.8 Å². The van der Waals surface area contributed by atoms with E-state index >= 15 is 0 Å². The number of carbonyl (C=O) groups is 3. The Balaban J connectivity index is 1.66. The minimum Gasteiger partial charge on any atom is -0.497 e. The molecule has 0 bridgehead atoms. The molecular weight excluding hydrogens is 470 g/mol. The fraction of sp³-hybridized carbons (Fsp3) is 0.360. The van der Waals surface area contributed by atoms with E-state index in [2.05, 4.69) is 10.6 Å². The number of thiophene rings is 1. The van der Waals surface area contributed by atoms with Gasteiger partial charge in [-0.2, -0.15) is 5.26 Å². The number of rotatable bonds is 10. The van der Waals surface area contributed by atoms with Crippen LogP contribution in [0.25, 0.3) is 6.08 Å². The van der Waals surface area contributed by atoms with Crippen molar-refractivity contribution in [1.82, 2.24) is 5.32 Å². The molecule has 1 aromatic carbocycles. The number of nitrogens with one attached hydrogen (secondary N) is 2. The van der Waals surface area contributed by atoms with Gasteiger partial charge in [-0.1, -0.05) is 12.1 Å². The van der Waals surface area contributed by atoms with E-state index in [0.29, 0.717) is 35.0 Å². The molecule has 0 atom stereocenters. The average molecular weight is 498 g/mol. The number of nitriles is 1. The second-order valence-corrected chi connectivity index (χ2v) is 8.84. The number of fused-ring (bicyclic) bond motifs is 1. The number of ether oxygens (including phenoxy) is 3. The summed E-state index contributed by atoms with van der Waals surface area (Å²) in [4.78, 5) is 38.8. The van der Waals surface area contributed by atoms with Gasteiger partial charge in [-0.15, -0.1) is 11.3 Å². The SMILES string of the molecule is COCCNC(=O)c1c(NC(=O)COC(=O)/C(C#N)=C/c2ccc(OC)cc2)sc2c1CCCC2. The van der Waals surface area contributed by atoms with E-state index in [-0.39, 0.29) is 11.5 Å². The van der Waals surface area contributed by atoms with Crippen molar-refractivity contribution >= 4 is 40.2 Å². The Morgan fingerprint density at radius 3 is 2.57 bits per heavy atom. The van der Waals surface area contributed by atoms with Crippen molar-refractivity contribution in [3.8, 4) is 11.8 Å². The number of benzene rings is 1. The normalized spacial score (nSPS) is 12.8. The summed E-state index contributed by atoms with van der Waals surface area (Å²) < 4.78 is 15.1. The number of aryl methyl sites for hydroxylation is 1. The molecule has 1 aliphatic rings. The Labute approximate surface area is 207 Å². The summed E-state index contributed by atoms with van der Waals surface area (Å²) in [5, 5.41) is 15.3. The second-order valence-electron chi connectivity index (χ2n) is 7.73. The first-order valence-corrected chi connectivity index (χ1v) is 11.9. The lowest BCUT2D eigenvalue weighted by molar-refractivity contribution is -0.142. The summed E-state index contributed by atoms with van der Waals surface area (Å²) in [7, 11) is 3.09. The molecule has 1 aliphatic carbocycles. The molecule has 0 saturated heterocycles. The minimum atomic E-state index is -0.915. The maximum atomic E-state index is 12.8. The van der Waals surface area contributed by atoms with E-state index in [1.165, 1.54) is 24.5 Å². The van der Waals surface area contributed by atoms with Gasteiger partial charge in [0.15, 0.2) is 6.61 Å². The maximum Gasteiger partial charge on any atom is 0.349 e. The first kappa shape index (κ1) is 25.9. The smallest absolute Gasteiger partial charge is 0.349 e. The monoisotopic (exact) mass is 497 g/mol. The molecule has 3 rings (SSSR count). The van der Waals surface area contributed by atoms with Gasteiger partial charge in [-0.25, -0.2) is 4.79 Å². The van der Waals surface area contributed by atoms with Crippen LogP contribution in [0.5, 0.6) is 5.75 Å². The summed E-state index contributed by atoms with van der Waals surface area (Å²) in [6.45, 7) is 0.136. The van der Waals surface area contributed by atoms with Crippen LogP contribution in [0.3, 0.4) is 0 Å². The van der Waals surface area contributed by atoms with Gasteiger partial charge in [0, 0.05) is 18.5 Å². The highest BCUT2D eigenvalue weighted by atomic mass is 32.1. The van der Waals surface area contributed by atoms with Crippen LogP contribution in [0.1, 0.15) is 39.2 Å². The van der Waals surface area contributed by atoms with Crippen LogP contribution >= 0.6 is 11.3 Å². The largest absolute Gasteiger partial charge is 0.497 e. The minimum absolute atomic E-state index is 0.243. The van der Waals surface area contributed by atoms with Crippen LogP contribution in [0.4, 0.5) is 5.00 Å². The predicted octanol–water partition coefficient (Wildman–Crippen LogP) is 3.10. The Bertz CT molecular complexity index is 1150. The zero-order chi connectivity index (χ0) is 25.2. The number of hydrogen-bond acceptors (Lipinski definition) is 8. The van der Waals surface area contributed by atoms with E-state index in [0.717, 1.165) is 36.1 Å². The Kier molecular flexibility index (Phi) is 9.40. The van der Waals surface area contributed by atoms with Crippen LogP contribution in [-0.4, -0.2) is 51.8 Å². The highest BCUT2D eigenvalue weighted by Crippen LogP contribution is 2.38. The summed E-state index contributed by atoms with van der Waals surface area (Å²) in [5.74, 6) is -1.14. The first-order chi connectivity index (χ1) is 17.0. The molecular formula is C25H27N3O6S. The molecule has 0 aliphatic heterocycles. The van der Waals surface area contributed by atoms with Crippen LogP contribution in [0.15, 0.2) is 29.8 Å². The average Bonchev–Trinajstić information content (AvgIpc) is 3.24. The molecule has 0 unspecified atom stereocenters. The lowest BCUT2D eigenvalue weighted by Gasteiger charge is -2.13. The fourth-order valence-electron chi connectivity index (χ4n) is 3.62. The van der Waals surface area contributed by atoms with Crippen LogP contribution in [0, 0.1) is 11.3 Å². The van der Waals surface area contributed by atoms with Gasteiger partial charge in [0.05, 0.1) is 19.3 Å². The third kappa shape index (κ3) is 6.91. The highest BCUT2D eigenvalue weighted by Gasteiger charge is 2.26. The van der Waals surface area contributed by atoms with Crippen molar-refractivity contribution in [1.29, 1.82) is 5.26 Å². The third-order valence-corrected chi connectivity index (χ3v) is 6.55. The lowest BCUT2D eigenvalue weighted by Crippen LogP contribution is -2.29. The Morgan fingerprint density at radius 2 is 1.89 bits per heavy atom. The molecule has 0 radical (unpaired) electrons. The van der Waals surface area contributed by atoms with Crippen molar-refractivity contribution in [3.63, 3.8) is 0 Å². The Hall–Kier alpha value is -3.68. The van der Waals surface area contributed by atoms with Crippen LogP contribution in [0.2, 0.25) is 0 Å². The van der Waals surface area contributed by atoms with Gasteiger partial charge in [-0.3, -0.25) is 9.59 Å². The van der Waals surface area contributed by atoms with Crippen molar-refractivity contribution in [2.75, 3.05) is 39.3 Å². The molecule has 2 N–H and O–H groups in total. The van der Waals surface area contributed by atoms with E-state index < -0.39 is 18.5 Å². The zero-order valence-electron chi connectivity index (χ0n) is 19.6. The number of esters is 1. The summed E-state index contributed by atoms with van der Waals surface area (Å²) in [5.41, 5.74) is 1.78. The second kappa shape index (κ2) is 12.7. The van der Waals surface area contributed by atoms with Gasteiger partial charge in [0.1, 0.15) is 22.4 Å². The standard InChI is InChI=1S/C25H27N3O6S/c1-32-12-11-27-23(30)22-19-5-3-4-6-20(19)35-24(22)28-21(29)15-34-25(31)17(14-26)13-16-7-9-18(33-2)10-8-16/h7-10,13H,3-6,11-12,15H2,1-2H3,(H,27,30)(H,28,29)/b17-13+. The van der Waals surface area contributed by atoms with Crippen molar-refractivity contribution < 1.29 is 28.6 Å². The zero-order valence-corrected chi connectivity index (χ0v) is 20.5. The highest BCUT2D eigenvalue weighted by molar-refractivity contribution is 7.17. The fourth-order valence-corrected chi connectivity index (χ4v) is 4.93. The number of carbonyl (C=O) groups excluding carboxylic acids is 3. The Morgan fingerprint density at radius 1 is 1.14 bits per heavy atom. The van der Waals surface area contributed by atoms with Crippen molar-refractivity contribution in [2.45, 2.75) is 25.7 Å². The lowest BCUT2D eigenvalue weighted by atomic mass is 9.95. The van der Waals surface area contributed by atoms with Crippen LogP contribution < -0.4 is 15.4 Å². The predicted molar refractivity (Wildman–Crippen MR) is 131 cm³/mol. The number of amides is 2. The van der Waals surface area contributed by atoms with E-state index in [1.807, 2.05) is 0 Å². The van der Waals surface area contributed by atoms with E-state index in [9.17, 15) is 19.6 Å². The molecule has 184 valence electrons. The molecule has 2 amide bonds. The molecule has 0 fully saturated rings. The van der Waals surface area contributed by atoms with Crippen molar-refractivity contribution in [2.24, 2.45) is 0 Å². The molecule has 10 heteroatoms. The number of methoxy groups -OCH3 is 2. The summed E-state index contributed by atoms with van der Waals surface area (Å²) in [6, 6.07) is 8.57. The van der Waals surface area contributed by atoms with Crippen LogP contribution in [-0.2, 0) is 31.9 Å². The van der Waals surface area contributed by atoms with Gasteiger partial charge in [0.2, 0.25) is 0 Å². The molecule has 2 aromatic rings. The third-order valence-electron chi connectivity index (χ3n) is 5.34. The maximum absolute atomic E-state index is 12.8. The van der Waals surface area contributed by atoms with Gasteiger partial charge >= 0.3 is 5.97 Å². The number of anilines is 1. The van der Waals surface area contributed by atoms with Crippen molar-refractivity contribution in [3.05, 3.63) is 51.4 Å². The summed E-state index contributed by atoms with van der Waals surface area (Å²) >= 11 is 1.37. The van der Waals surface area contributed by atoms with E-state index in [1.54, 1.807) is 37.4 Å². The van der Waals surface area contributed by atoms with E-state index in [4.69, 9.17) is 14.2 Å². The number of nitrogens with zero attached hydrogens (tertiary/aromatic N) is 1. The first-order valence-electron chi connectivity index (χ1n) is 11.1. The van der Waals surface area contributed by atoms with Gasteiger partial charge in [-0.05, 0) is 55.0 Å². The van der Waals surface area contributed by atoms with Gasteiger partial charge in [0.25, 0.3) is 11.8 Å². The molecule has 0 saturated carbocycles. The molecule has 1 aromatic heterocycles.